The second-order valence-corrected chi connectivity index (χ2v) is 8.27. The number of benzene rings is 2. The molecule has 0 bridgehead atoms. The van der Waals surface area contributed by atoms with Crippen LogP contribution in [0.15, 0.2) is 54.9 Å². The summed E-state index contributed by atoms with van der Waals surface area (Å²) >= 11 is 6.52. The van der Waals surface area contributed by atoms with Crippen LogP contribution in [0.2, 0.25) is 5.02 Å². The largest absolute Gasteiger partial charge is 0.381 e. The van der Waals surface area contributed by atoms with Crippen LogP contribution in [0.4, 0.5) is 17.3 Å². The molecule has 3 rings (SSSR count). The highest BCUT2D eigenvalue weighted by atomic mass is 35.5. The summed E-state index contributed by atoms with van der Waals surface area (Å²) in [7, 11) is 0. The van der Waals surface area contributed by atoms with Gasteiger partial charge in [0, 0.05) is 58.5 Å². The van der Waals surface area contributed by atoms with E-state index in [2.05, 4.69) is 71.8 Å². The van der Waals surface area contributed by atoms with Crippen molar-refractivity contribution < 1.29 is 0 Å². The minimum absolute atomic E-state index is 0.320. The van der Waals surface area contributed by atoms with Gasteiger partial charge in [-0.1, -0.05) is 57.5 Å². The summed E-state index contributed by atoms with van der Waals surface area (Å²) in [5.41, 5.74) is 4.01. The smallest absolute Gasteiger partial charge is 0.204 e. The molecule has 1 unspecified atom stereocenters. The molecule has 0 fully saturated rings. The minimum atomic E-state index is 0.320. The Morgan fingerprint density at radius 1 is 1.03 bits per heavy atom. The Kier molecular flexibility index (Phi) is 7.18. The average molecular weight is 412 g/mol. The number of imidazole rings is 1. The van der Waals surface area contributed by atoms with Gasteiger partial charge in [0.15, 0.2) is 0 Å². The monoisotopic (exact) mass is 411 g/mol. The lowest BCUT2D eigenvalue weighted by Gasteiger charge is -2.26. The minimum Gasteiger partial charge on any atom is -0.381 e. The number of H-pyrrole nitrogens is 1. The summed E-state index contributed by atoms with van der Waals surface area (Å²) < 4.78 is 0. The van der Waals surface area contributed by atoms with Crippen LogP contribution < -0.4 is 16.0 Å². The molecule has 0 saturated carbocycles. The first-order valence-electron chi connectivity index (χ1n) is 10.1. The molecule has 1 heterocycles. The van der Waals surface area contributed by atoms with Gasteiger partial charge in [-0.15, -0.1) is 0 Å². The van der Waals surface area contributed by atoms with E-state index in [1.807, 2.05) is 24.3 Å². The molecule has 0 aliphatic carbocycles. The summed E-state index contributed by atoms with van der Waals surface area (Å²) in [6, 6.07) is 15.0. The Bertz CT molecular complexity index is 905. The van der Waals surface area contributed by atoms with Gasteiger partial charge in [0.05, 0.1) is 0 Å². The lowest BCUT2D eigenvalue weighted by molar-refractivity contribution is 0.461. The molecule has 0 aliphatic heterocycles. The Labute approximate surface area is 178 Å². The van der Waals surface area contributed by atoms with E-state index in [0.29, 0.717) is 29.0 Å². The number of aromatic amines is 1. The van der Waals surface area contributed by atoms with Crippen molar-refractivity contribution in [2.75, 3.05) is 17.2 Å². The fourth-order valence-corrected chi connectivity index (χ4v) is 3.37. The number of nitrogens with one attached hydrogen (secondary N) is 4. The second kappa shape index (κ2) is 9.81. The van der Waals surface area contributed by atoms with E-state index in [0.717, 1.165) is 29.0 Å². The molecule has 1 aromatic heterocycles. The van der Waals surface area contributed by atoms with Crippen LogP contribution in [0.3, 0.4) is 0 Å². The van der Waals surface area contributed by atoms with Gasteiger partial charge in [-0.2, -0.15) is 0 Å². The Balaban J connectivity index is 1.93. The van der Waals surface area contributed by atoms with Crippen molar-refractivity contribution in [3.63, 3.8) is 0 Å². The van der Waals surface area contributed by atoms with Crippen LogP contribution in [0.1, 0.15) is 27.7 Å². The zero-order chi connectivity index (χ0) is 20.8. The van der Waals surface area contributed by atoms with Crippen molar-refractivity contribution in [2.45, 2.75) is 39.8 Å². The standard InChI is InChI=1S/C23H30ClN5/c1-15(2)22(14-27-16(3)4)28-17-9-10-21(29-23-25-11-12-26-23)19(13-17)18-7-5-6-8-20(18)24/h5-13,15-16,22,27-28H,14H2,1-4H3,(H2,25,26,29). The quantitative estimate of drug-likeness (QED) is 0.353. The zero-order valence-corrected chi connectivity index (χ0v) is 18.2. The maximum absolute atomic E-state index is 6.52. The van der Waals surface area contributed by atoms with Gasteiger partial charge in [0.25, 0.3) is 0 Å². The van der Waals surface area contributed by atoms with Crippen LogP contribution in [-0.4, -0.2) is 28.6 Å². The third-order valence-electron chi connectivity index (χ3n) is 4.84. The molecule has 2 aromatic carbocycles. The highest BCUT2D eigenvalue weighted by Crippen LogP contribution is 2.36. The number of hydrogen-bond acceptors (Lipinski definition) is 4. The van der Waals surface area contributed by atoms with E-state index < -0.39 is 0 Å². The molecular weight excluding hydrogens is 382 g/mol. The highest BCUT2D eigenvalue weighted by molar-refractivity contribution is 6.33. The lowest BCUT2D eigenvalue weighted by atomic mass is 10.0. The third-order valence-corrected chi connectivity index (χ3v) is 5.17. The van der Waals surface area contributed by atoms with E-state index in [-0.39, 0.29) is 0 Å². The van der Waals surface area contributed by atoms with Gasteiger partial charge < -0.3 is 20.9 Å². The summed E-state index contributed by atoms with van der Waals surface area (Å²) in [5.74, 6) is 1.19. The summed E-state index contributed by atoms with van der Waals surface area (Å²) in [4.78, 5) is 7.37. The molecule has 0 amide bonds. The third kappa shape index (κ3) is 5.75. The van der Waals surface area contributed by atoms with E-state index in [1.165, 1.54) is 0 Å². The van der Waals surface area contributed by atoms with Gasteiger partial charge in [-0.3, -0.25) is 0 Å². The number of anilines is 3. The molecule has 0 saturated heterocycles. The fraction of sp³-hybridized carbons (Fsp3) is 0.348. The van der Waals surface area contributed by atoms with Gasteiger partial charge in [-0.05, 0) is 30.2 Å². The van der Waals surface area contributed by atoms with Crippen LogP contribution in [0.5, 0.6) is 0 Å². The number of nitrogens with zero attached hydrogens (tertiary/aromatic N) is 1. The molecule has 29 heavy (non-hydrogen) atoms. The van der Waals surface area contributed by atoms with Crippen molar-refractivity contribution in [3.8, 4) is 11.1 Å². The summed E-state index contributed by atoms with van der Waals surface area (Å²) in [6.07, 6.45) is 3.52. The van der Waals surface area contributed by atoms with Crippen LogP contribution in [0, 0.1) is 5.92 Å². The topological polar surface area (TPSA) is 64.8 Å². The lowest BCUT2D eigenvalue weighted by Crippen LogP contribution is -2.39. The molecule has 5 nitrogen and oxygen atoms in total. The van der Waals surface area contributed by atoms with Crippen molar-refractivity contribution in [3.05, 3.63) is 59.9 Å². The van der Waals surface area contributed by atoms with Crippen LogP contribution in [0.25, 0.3) is 11.1 Å². The summed E-state index contributed by atoms with van der Waals surface area (Å²) in [6.45, 7) is 9.72. The van der Waals surface area contributed by atoms with E-state index >= 15 is 0 Å². The molecule has 0 aliphatic rings. The normalized spacial score (nSPS) is 12.4. The van der Waals surface area contributed by atoms with E-state index in [1.54, 1.807) is 12.4 Å². The molecule has 4 N–H and O–H groups in total. The predicted octanol–water partition coefficient (Wildman–Crippen LogP) is 5.91. The fourth-order valence-electron chi connectivity index (χ4n) is 3.14. The number of halogens is 1. The van der Waals surface area contributed by atoms with Crippen molar-refractivity contribution >= 4 is 28.9 Å². The number of rotatable bonds is 9. The van der Waals surface area contributed by atoms with E-state index in [4.69, 9.17) is 11.6 Å². The summed E-state index contributed by atoms with van der Waals surface area (Å²) in [5, 5.41) is 11.3. The Morgan fingerprint density at radius 2 is 1.83 bits per heavy atom. The van der Waals surface area contributed by atoms with Gasteiger partial charge in [-0.25, -0.2) is 4.98 Å². The molecule has 6 heteroatoms. The van der Waals surface area contributed by atoms with Gasteiger partial charge in [0.2, 0.25) is 5.95 Å². The molecule has 3 aromatic rings. The molecule has 154 valence electrons. The maximum atomic E-state index is 6.52. The molecule has 0 spiro atoms. The SMILES string of the molecule is CC(C)NCC(Nc1ccc(Nc2ncc[nH]2)c(-c2ccccc2Cl)c1)C(C)C. The first-order chi connectivity index (χ1) is 13.9. The molecular formula is C23H30ClN5. The Hall–Kier alpha value is -2.50. The first-order valence-corrected chi connectivity index (χ1v) is 10.5. The highest BCUT2D eigenvalue weighted by Gasteiger charge is 2.16. The number of aromatic nitrogens is 2. The van der Waals surface area contributed by atoms with Crippen LogP contribution in [-0.2, 0) is 0 Å². The van der Waals surface area contributed by atoms with Crippen molar-refractivity contribution in [2.24, 2.45) is 5.92 Å². The van der Waals surface area contributed by atoms with Gasteiger partial charge in [0.1, 0.15) is 0 Å². The second-order valence-electron chi connectivity index (χ2n) is 7.86. The number of hydrogen-bond donors (Lipinski definition) is 4. The average Bonchev–Trinajstić information content (AvgIpc) is 3.19. The zero-order valence-electron chi connectivity index (χ0n) is 17.5. The van der Waals surface area contributed by atoms with E-state index in [9.17, 15) is 0 Å². The Morgan fingerprint density at radius 3 is 2.48 bits per heavy atom. The van der Waals surface area contributed by atoms with Crippen molar-refractivity contribution in [1.29, 1.82) is 0 Å². The molecule has 1 atom stereocenters. The van der Waals surface area contributed by atoms with Gasteiger partial charge >= 0.3 is 0 Å². The van der Waals surface area contributed by atoms with Crippen molar-refractivity contribution in [1.82, 2.24) is 15.3 Å². The molecule has 0 radical (unpaired) electrons. The maximum Gasteiger partial charge on any atom is 0.204 e. The predicted molar refractivity (Wildman–Crippen MR) is 124 cm³/mol. The first kappa shape index (κ1) is 21.2. The van der Waals surface area contributed by atoms with Crippen LogP contribution >= 0.6 is 11.6 Å².